The molecule has 0 bridgehead atoms. The van der Waals surface area contributed by atoms with Crippen LogP contribution in [-0.2, 0) is 6.42 Å². The zero-order valence-electron chi connectivity index (χ0n) is 18.9. The molecule has 7 heteroatoms. The normalized spacial score (nSPS) is 17.5. The van der Waals surface area contributed by atoms with Gasteiger partial charge in [-0.15, -0.1) is 0 Å². The fourth-order valence-electron chi connectivity index (χ4n) is 4.34. The van der Waals surface area contributed by atoms with E-state index in [0.29, 0.717) is 12.4 Å². The number of nitrogens with one attached hydrogen (secondary N) is 1. The fraction of sp³-hybridized carbons (Fsp3) is 0.192. The molecule has 2 aromatic carbocycles. The number of para-hydroxylation sites is 1. The van der Waals surface area contributed by atoms with E-state index in [-0.39, 0.29) is 6.17 Å². The number of aryl methyl sites for hydroxylation is 2. The Bertz CT molecular complexity index is 1270. The molecule has 2 aliphatic rings. The number of nitrogens with zero attached hydrogens (tertiary/aromatic N) is 4. The molecule has 3 N–H and O–H groups in total. The van der Waals surface area contributed by atoms with Gasteiger partial charge in [-0.05, 0) is 43.2 Å². The topological polar surface area (TPSA) is 88.1 Å². The van der Waals surface area contributed by atoms with Gasteiger partial charge in [-0.3, -0.25) is 4.98 Å². The van der Waals surface area contributed by atoms with Crippen molar-refractivity contribution in [2.75, 3.05) is 7.11 Å². The van der Waals surface area contributed by atoms with Gasteiger partial charge in [0.15, 0.2) is 5.84 Å². The second kappa shape index (κ2) is 8.52. The number of pyridine rings is 1. The zero-order chi connectivity index (χ0) is 22.9. The van der Waals surface area contributed by atoms with Crippen LogP contribution >= 0.6 is 0 Å². The summed E-state index contributed by atoms with van der Waals surface area (Å²) < 4.78 is 5.53. The molecule has 0 spiro atoms. The van der Waals surface area contributed by atoms with Crippen molar-refractivity contribution in [3.8, 4) is 5.75 Å². The molecule has 0 amide bonds. The van der Waals surface area contributed by atoms with Crippen LogP contribution in [0.15, 0.2) is 76.7 Å². The molecule has 5 rings (SSSR count). The van der Waals surface area contributed by atoms with E-state index in [4.69, 9.17) is 20.5 Å². The van der Waals surface area contributed by atoms with Crippen molar-refractivity contribution in [1.29, 1.82) is 0 Å². The van der Waals surface area contributed by atoms with Crippen molar-refractivity contribution in [2.24, 2.45) is 15.7 Å². The third-order valence-corrected chi connectivity index (χ3v) is 5.71. The lowest BCUT2D eigenvalue weighted by molar-refractivity contribution is 0.388. The number of nitrogens with two attached hydrogens (primary N) is 1. The molecule has 166 valence electrons. The lowest BCUT2D eigenvalue weighted by Crippen LogP contribution is -2.50. The van der Waals surface area contributed by atoms with E-state index in [1.807, 2.05) is 62.4 Å². The Morgan fingerprint density at radius 2 is 1.67 bits per heavy atom. The van der Waals surface area contributed by atoms with Gasteiger partial charge in [-0.25, -0.2) is 20.4 Å². The van der Waals surface area contributed by atoms with E-state index >= 15 is 0 Å². The summed E-state index contributed by atoms with van der Waals surface area (Å²) in [5, 5.41) is 1.78. The molecule has 3 heterocycles. The number of aromatic nitrogens is 1. The Labute approximate surface area is 193 Å². The number of hydrogen-bond acceptors (Lipinski definition) is 7. The maximum atomic E-state index is 6.42. The molecule has 3 aromatic rings. The van der Waals surface area contributed by atoms with Gasteiger partial charge >= 0.3 is 0 Å². The summed E-state index contributed by atoms with van der Waals surface area (Å²) >= 11 is 0. The first-order chi connectivity index (χ1) is 16.0. The van der Waals surface area contributed by atoms with Crippen molar-refractivity contribution in [3.05, 3.63) is 94.8 Å². The summed E-state index contributed by atoms with van der Waals surface area (Å²) in [4.78, 5) is 14.4. The highest BCUT2D eigenvalue weighted by molar-refractivity contribution is 6.35. The quantitative estimate of drug-likeness (QED) is 0.634. The maximum absolute atomic E-state index is 6.42. The summed E-state index contributed by atoms with van der Waals surface area (Å²) in [6.45, 7) is 3.99. The Morgan fingerprint density at radius 1 is 0.970 bits per heavy atom. The fourth-order valence-corrected chi connectivity index (χ4v) is 4.34. The van der Waals surface area contributed by atoms with Crippen LogP contribution in [0.1, 0.15) is 28.1 Å². The number of hydrogen-bond donors (Lipinski definition) is 2. The second-order valence-corrected chi connectivity index (χ2v) is 8.15. The summed E-state index contributed by atoms with van der Waals surface area (Å²) in [5.41, 5.74) is 16.5. The predicted octanol–water partition coefficient (Wildman–Crippen LogP) is 3.69. The van der Waals surface area contributed by atoms with Crippen LogP contribution in [0.2, 0.25) is 0 Å². The lowest BCUT2D eigenvalue weighted by Gasteiger charge is -2.27. The van der Waals surface area contributed by atoms with Crippen LogP contribution in [0.5, 0.6) is 5.75 Å². The molecule has 1 unspecified atom stereocenters. The van der Waals surface area contributed by atoms with Gasteiger partial charge < -0.3 is 10.5 Å². The second-order valence-electron chi connectivity index (χ2n) is 8.15. The largest absolute Gasteiger partial charge is 0.496 e. The SMILES string of the molecule is COc1ccccc1CC1N=C2C(c3cc(C)nc(C)c3)=C(c3ccccc3)N=C(N)N2N1. The minimum atomic E-state index is -0.209. The van der Waals surface area contributed by atoms with E-state index in [1.54, 1.807) is 12.1 Å². The Balaban J connectivity index is 1.64. The van der Waals surface area contributed by atoms with E-state index in [0.717, 1.165) is 50.9 Å². The van der Waals surface area contributed by atoms with Crippen molar-refractivity contribution < 1.29 is 4.74 Å². The van der Waals surface area contributed by atoms with Gasteiger partial charge in [0.25, 0.3) is 0 Å². The average Bonchev–Trinajstić information content (AvgIpc) is 3.23. The van der Waals surface area contributed by atoms with Crippen molar-refractivity contribution in [1.82, 2.24) is 15.4 Å². The summed E-state index contributed by atoms with van der Waals surface area (Å²) in [6.07, 6.45) is 0.443. The number of rotatable bonds is 5. The van der Waals surface area contributed by atoms with Crippen molar-refractivity contribution >= 4 is 23.1 Å². The van der Waals surface area contributed by atoms with Gasteiger partial charge in [-0.2, -0.15) is 0 Å². The smallest absolute Gasteiger partial charge is 0.217 e. The molecule has 2 aliphatic heterocycles. The van der Waals surface area contributed by atoms with Gasteiger partial charge in [-0.1, -0.05) is 48.5 Å². The van der Waals surface area contributed by atoms with Crippen LogP contribution < -0.4 is 15.9 Å². The van der Waals surface area contributed by atoms with Crippen molar-refractivity contribution in [2.45, 2.75) is 26.4 Å². The number of fused-ring (bicyclic) bond motifs is 1. The molecular formula is C26H26N6O. The zero-order valence-corrected chi connectivity index (χ0v) is 18.9. The Kier molecular flexibility index (Phi) is 5.40. The predicted molar refractivity (Wildman–Crippen MR) is 131 cm³/mol. The highest BCUT2D eigenvalue weighted by Gasteiger charge is 2.36. The minimum Gasteiger partial charge on any atom is -0.496 e. The number of benzene rings is 2. The summed E-state index contributed by atoms with van der Waals surface area (Å²) in [6, 6.07) is 22.2. The molecule has 1 aromatic heterocycles. The average molecular weight is 439 g/mol. The first kappa shape index (κ1) is 20.9. The van der Waals surface area contributed by atoms with Crippen LogP contribution in [0.4, 0.5) is 0 Å². The number of hydrazine groups is 1. The third kappa shape index (κ3) is 3.99. The number of guanidine groups is 1. The molecule has 1 atom stereocenters. The van der Waals surface area contributed by atoms with Gasteiger partial charge in [0.05, 0.1) is 18.4 Å². The maximum Gasteiger partial charge on any atom is 0.217 e. The first-order valence-electron chi connectivity index (χ1n) is 10.9. The van der Waals surface area contributed by atoms with Crippen LogP contribution in [0.3, 0.4) is 0 Å². The van der Waals surface area contributed by atoms with Gasteiger partial charge in [0, 0.05) is 23.4 Å². The molecule has 0 saturated heterocycles. The number of amidine groups is 1. The Hall–Kier alpha value is -3.97. The van der Waals surface area contributed by atoms with E-state index < -0.39 is 0 Å². The number of methoxy groups -OCH3 is 1. The molecule has 0 aliphatic carbocycles. The molecule has 0 fully saturated rings. The van der Waals surface area contributed by atoms with E-state index in [2.05, 4.69) is 28.6 Å². The van der Waals surface area contributed by atoms with Gasteiger partial charge in [0.1, 0.15) is 11.9 Å². The standard InChI is InChI=1S/C26H26N6O/c1-16-13-20(14-17(2)28-16)23-24(18-9-5-4-6-10-18)30-26(27)32-25(23)29-22(31-32)15-19-11-7-8-12-21(19)33-3/h4-14,22,31H,15H2,1-3H3,(H2,27,30). The van der Waals surface area contributed by atoms with Crippen LogP contribution in [0, 0.1) is 13.8 Å². The van der Waals surface area contributed by atoms with Crippen molar-refractivity contribution in [3.63, 3.8) is 0 Å². The van der Waals surface area contributed by atoms with E-state index in [9.17, 15) is 0 Å². The third-order valence-electron chi connectivity index (χ3n) is 5.71. The molecule has 7 nitrogen and oxygen atoms in total. The van der Waals surface area contributed by atoms with Gasteiger partial charge in [0.2, 0.25) is 5.96 Å². The Morgan fingerprint density at radius 3 is 2.39 bits per heavy atom. The highest BCUT2D eigenvalue weighted by Crippen LogP contribution is 2.35. The highest BCUT2D eigenvalue weighted by atomic mass is 16.5. The van der Waals surface area contributed by atoms with E-state index in [1.165, 1.54) is 0 Å². The van der Waals surface area contributed by atoms with Crippen LogP contribution in [0.25, 0.3) is 11.3 Å². The minimum absolute atomic E-state index is 0.209. The molecule has 33 heavy (non-hydrogen) atoms. The summed E-state index contributed by atoms with van der Waals surface area (Å²) in [7, 11) is 1.68. The molecular weight excluding hydrogens is 412 g/mol. The monoisotopic (exact) mass is 438 g/mol. The number of aliphatic imine (C=N–C) groups is 2. The van der Waals surface area contributed by atoms with Crippen LogP contribution in [-0.4, -0.2) is 35.1 Å². The molecule has 0 radical (unpaired) electrons. The first-order valence-corrected chi connectivity index (χ1v) is 10.9. The molecule has 0 saturated carbocycles. The lowest BCUT2D eigenvalue weighted by atomic mass is 9.97. The number of ether oxygens (including phenoxy) is 1. The summed E-state index contributed by atoms with van der Waals surface area (Å²) in [5.74, 6) is 1.96.